The molecule has 0 aliphatic heterocycles. The molecular weight excluding hydrogens is 386 g/mol. The lowest BCUT2D eigenvalue weighted by atomic mass is 10.0. The zero-order valence-electron chi connectivity index (χ0n) is 16.4. The first-order valence-corrected chi connectivity index (χ1v) is 9.77. The van der Waals surface area contributed by atoms with Crippen LogP contribution in [-0.4, -0.2) is 18.3 Å². The van der Waals surface area contributed by atoms with Crippen LogP contribution < -0.4 is 10.1 Å². The van der Waals surface area contributed by atoms with Crippen molar-refractivity contribution in [2.45, 2.75) is 20.3 Å². The highest BCUT2D eigenvalue weighted by atomic mass is 35.5. The van der Waals surface area contributed by atoms with Gasteiger partial charge in [-0.3, -0.25) is 9.59 Å². The van der Waals surface area contributed by atoms with Crippen molar-refractivity contribution < 1.29 is 14.3 Å². The van der Waals surface area contributed by atoms with E-state index in [-0.39, 0.29) is 18.3 Å². The molecule has 29 heavy (non-hydrogen) atoms. The molecule has 0 bridgehead atoms. The standard InChI is InChI=1S/C24H22ClNO3/c1-3-17-6-4-5-16(2)23(17)26-22(27)15-29-21-13-9-19(10-14-21)24(28)18-7-11-20(25)12-8-18/h4-14H,3,15H2,1-2H3,(H,26,27). The van der Waals surface area contributed by atoms with Crippen LogP contribution in [0.1, 0.15) is 34.0 Å². The average Bonchev–Trinajstić information content (AvgIpc) is 2.74. The Morgan fingerprint density at radius 2 is 1.55 bits per heavy atom. The Kier molecular flexibility index (Phi) is 6.68. The van der Waals surface area contributed by atoms with Crippen LogP contribution in [-0.2, 0) is 11.2 Å². The molecule has 5 heteroatoms. The number of amides is 1. The molecule has 0 saturated carbocycles. The molecule has 148 valence electrons. The quantitative estimate of drug-likeness (QED) is 0.529. The van der Waals surface area contributed by atoms with Crippen LogP contribution >= 0.6 is 11.6 Å². The van der Waals surface area contributed by atoms with E-state index in [2.05, 4.69) is 5.32 Å². The molecule has 0 heterocycles. The van der Waals surface area contributed by atoms with Crippen LogP contribution in [0.5, 0.6) is 5.75 Å². The predicted molar refractivity (Wildman–Crippen MR) is 116 cm³/mol. The number of benzene rings is 3. The van der Waals surface area contributed by atoms with Crippen LogP contribution in [0.2, 0.25) is 5.02 Å². The van der Waals surface area contributed by atoms with Gasteiger partial charge in [0.05, 0.1) is 0 Å². The summed E-state index contributed by atoms with van der Waals surface area (Å²) in [6, 6.07) is 19.4. The number of carbonyl (C=O) groups is 2. The smallest absolute Gasteiger partial charge is 0.262 e. The monoisotopic (exact) mass is 407 g/mol. The molecule has 0 aliphatic carbocycles. The fourth-order valence-corrected chi connectivity index (χ4v) is 3.12. The van der Waals surface area contributed by atoms with Crippen LogP contribution in [0.4, 0.5) is 5.69 Å². The van der Waals surface area contributed by atoms with Gasteiger partial charge in [0.1, 0.15) is 5.75 Å². The van der Waals surface area contributed by atoms with Gasteiger partial charge in [-0.15, -0.1) is 0 Å². The molecule has 3 aromatic carbocycles. The van der Waals surface area contributed by atoms with E-state index in [0.717, 1.165) is 23.2 Å². The van der Waals surface area contributed by atoms with E-state index in [1.807, 2.05) is 32.0 Å². The van der Waals surface area contributed by atoms with Gasteiger partial charge in [0.2, 0.25) is 0 Å². The summed E-state index contributed by atoms with van der Waals surface area (Å²) in [6.07, 6.45) is 0.835. The van der Waals surface area contributed by atoms with E-state index in [4.69, 9.17) is 16.3 Å². The van der Waals surface area contributed by atoms with Gasteiger partial charge in [-0.05, 0) is 73.0 Å². The van der Waals surface area contributed by atoms with Gasteiger partial charge < -0.3 is 10.1 Å². The first-order chi connectivity index (χ1) is 14.0. The second kappa shape index (κ2) is 9.39. The number of para-hydroxylation sites is 1. The number of nitrogens with one attached hydrogen (secondary N) is 1. The van der Waals surface area contributed by atoms with Gasteiger partial charge in [-0.1, -0.05) is 36.7 Å². The summed E-state index contributed by atoms with van der Waals surface area (Å²) in [5, 5.41) is 3.51. The Morgan fingerprint density at radius 3 is 2.17 bits per heavy atom. The number of hydrogen-bond acceptors (Lipinski definition) is 3. The number of ether oxygens (including phenoxy) is 1. The van der Waals surface area contributed by atoms with E-state index in [1.54, 1.807) is 48.5 Å². The average molecular weight is 408 g/mol. The molecule has 0 radical (unpaired) electrons. The number of aryl methyl sites for hydroxylation is 2. The highest BCUT2D eigenvalue weighted by Gasteiger charge is 2.11. The summed E-state index contributed by atoms with van der Waals surface area (Å²) < 4.78 is 5.57. The summed E-state index contributed by atoms with van der Waals surface area (Å²) in [7, 11) is 0. The van der Waals surface area contributed by atoms with Crippen molar-refractivity contribution in [3.8, 4) is 5.75 Å². The Labute approximate surface area is 175 Å². The van der Waals surface area contributed by atoms with Gasteiger partial charge in [0.15, 0.2) is 12.4 Å². The number of hydrogen-bond donors (Lipinski definition) is 1. The Bertz CT molecular complexity index is 1010. The largest absolute Gasteiger partial charge is 0.484 e. The maximum Gasteiger partial charge on any atom is 0.262 e. The number of carbonyl (C=O) groups excluding carboxylic acids is 2. The predicted octanol–water partition coefficient (Wildman–Crippen LogP) is 5.46. The molecule has 0 aromatic heterocycles. The van der Waals surface area contributed by atoms with E-state index in [0.29, 0.717) is 21.9 Å². The van der Waals surface area contributed by atoms with Crippen LogP contribution in [0.25, 0.3) is 0 Å². The van der Waals surface area contributed by atoms with Crippen molar-refractivity contribution >= 4 is 29.0 Å². The maximum atomic E-state index is 12.5. The third kappa shape index (κ3) is 5.24. The Morgan fingerprint density at radius 1 is 0.931 bits per heavy atom. The highest BCUT2D eigenvalue weighted by Crippen LogP contribution is 2.21. The van der Waals surface area contributed by atoms with E-state index in [9.17, 15) is 9.59 Å². The molecule has 0 aliphatic rings. The zero-order valence-corrected chi connectivity index (χ0v) is 17.1. The van der Waals surface area contributed by atoms with Crippen molar-refractivity contribution in [3.05, 3.63) is 94.0 Å². The minimum absolute atomic E-state index is 0.0994. The molecule has 0 atom stereocenters. The maximum absolute atomic E-state index is 12.5. The molecule has 1 N–H and O–H groups in total. The van der Waals surface area contributed by atoms with Gasteiger partial charge in [-0.25, -0.2) is 0 Å². The van der Waals surface area contributed by atoms with E-state index >= 15 is 0 Å². The van der Waals surface area contributed by atoms with E-state index < -0.39 is 0 Å². The van der Waals surface area contributed by atoms with Crippen molar-refractivity contribution in [3.63, 3.8) is 0 Å². The lowest BCUT2D eigenvalue weighted by molar-refractivity contribution is -0.118. The van der Waals surface area contributed by atoms with E-state index in [1.165, 1.54) is 0 Å². The second-order valence-corrected chi connectivity index (χ2v) is 7.10. The first-order valence-electron chi connectivity index (χ1n) is 9.39. The fraction of sp³-hybridized carbons (Fsp3) is 0.167. The lowest BCUT2D eigenvalue weighted by Crippen LogP contribution is -2.21. The summed E-state index contributed by atoms with van der Waals surface area (Å²) in [4.78, 5) is 24.8. The SMILES string of the molecule is CCc1cccc(C)c1NC(=O)COc1ccc(C(=O)c2ccc(Cl)cc2)cc1. The number of rotatable bonds is 7. The normalized spacial score (nSPS) is 10.4. The van der Waals surface area contributed by atoms with Crippen LogP contribution in [0.3, 0.4) is 0 Å². The Balaban J connectivity index is 1.60. The summed E-state index contributed by atoms with van der Waals surface area (Å²) in [5.74, 6) is 0.196. The number of anilines is 1. The molecular formula is C24H22ClNO3. The zero-order chi connectivity index (χ0) is 20.8. The minimum atomic E-state index is -0.227. The summed E-state index contributed by atoms with van der Waals surface area (Å²) >= 11 is 5.86. The van der Waals surface area contributed by atoms with Crippen molar-refractivity contribution in [1.82, 2.24) is 0 Å². The Hall–Kier alpha value is -3.11. The number of ketones is 1. The molecule has 3 aromatic rings. The fourth-order valence-electron chi connectivity index (χ4n) is 3.00. The lowest BCUT2D eigenvalue weighted by Gasteiger charge is -2.13. The van der Waals surface area contributed by atoms with Crippen molar-refractivity contribution in [2.75, 3.05) is 11.9 Å². The topological polar surface area (TPSA) is 55.4 Å². The third-order valence-corrected chi connectivity index (χ3v) is 4.85. The summed E-state index contributed by atoms with van der Waals surface area (Å²) in [6.45, 7) is 3.90. The molecule has 0 fully saturated rings. The first kappa shape index (κ1) is 20.6. The molecule has 4 nitrogen and oxygen atoms in total. The third-order valence-electron chi connectivity index (χ3n) is 4.60. The van der Waals surface area contributed by atoms with Gasteiger partial charge >= 0.3 is 0 Å². The molecule has 0 saturated heterocycles. The summed E-state index contributed by atoms with van der Waals surface area (Å²) in [5.41, 5.74) is 4.04. The highest BCUT2D eigenvalue weighted by molar-refractivity contribution is 6.30. The van der Waals surface area contributed by atoms with Gasteiger partial charge in [0.25, 0.3) is 5.91 Å². The minimum Gasteiger partial charge on any atom is -0.484 e. The van der Waals surface area contributed by atoms with Crippen molar-refractivity contribution in [2.24, 2.45) is 0 Å². The van der Waals surface area contributed by atoms with Crippen molar-refractivity contribution in [1.29, 1.82) is 0 Å². The molecule has 0 unspecified atom stereocenters. The second-order valence-electron chi connectivity index (χ2n) is 6.66. The van der Waals surface area contributed by atoms with Crippen LogP contribution in [0.15, 0.2) is 66.7 Å². The van der Waals surface area contributed by atoms with Crippen LogP contribution in [0, 0.1) is 6.92 Å². The molecule has 0 spiro atoms. The molecule has 3 rings (SSSR count). The molecule has 1 amide bonds. The number of halogens is 1. The van der Waals surface area contributed by atoms with Gasteiger partial charge in [0, 0.05) is 21.8 Å². The van der Waals surface area contributed by atoms with Gasteiger partial charge in [-0.2, -0.15) is 0 Å².